The minimum Gasteiger partial charge on any atom is -0.481 e. The number of fused-ring (bicyclic) bond motifs is 5. The lowest BCUT2D eigenvalue weighted by Gasteiger charge is -2.63. The minimum absolute atomic E-state index is 0.183. The molecule has 4 aliphatic carbocycles. The van der Waals surface area contributed by atoms with E-state index in [9.17, 15) is 15.0 Å². The molecule has 0 aliphatic heterocycles. The van der Waals surface area contributed by atoms with Gasteiger partial charge in [0.2, 0.25) is 0 Å². The van der Waals surface area contributed by atoms with Crippen molar-refractivity contribution in [3.63, 3.8) is 0 Å². The topological polar surface area (TPSA) is 77.8 Å². The predicted octanol–water partition coefficient (Wildman–Crippen LogP) is 4.48. The molecule has 10 atom stereocenters. The molecule has 0 aromatic rings. The van der Waals surface area contributed by atoms with Crippen molar-refractivity contribution in [1.29, 1.82) is 0 Å². The summed E-state index contributed by atoms with van der Waals surface area (Å²) in [7, 11) is 0. The fourth-order valence-corrected chi connectivity index (χ4v) is 8.74. The molecule has 4 rings (SSSR count). The van der Waals surface area contributed by atoms with Crippen LogP contribution in [-0.2, 0) is 4.79 Å². The lowest BCUT2D eigenvalue weighted by Crippen LogP contribution is -2.61. The summed E-state index contributed by atoms with van der Waals surface area (Å²) in [6.07, 6.45) is 9.32. The van der Waals surface area contributed by atoms with Crippen LogP contribution in [0.5, 0.6) is 0 Å². The van der Waals surface area contributed by atoms with Gasteiger partial charge in [-0.05, 0) is 91.3 Å². The Morgan fingerprint density at radius 2 is 1.82 bits per heavy atom. The van der Waals surface area contributed by atoms with E-state index in [1.807, 2.05) is 0 Å². The largest absolute Gasteiger partial charge is 0.481 e. The Labute approximate surface area is 170 Å². The molecule has 28 heavy (non-hydrogen) atoms. The molecule has 4 aliphatic rings. The normalized spacial score (nSPS) is 51.7. The number of hydrogen-bond acceptors (Lipinski definition) is 3. The van der Waals surface area contributed by atoms with Gasteiger partial charge in [-0.15, -0.1) is 0 Å². The second-order valence-electron chi connectivity index (χ2n) is 11.3. The zero-order valence-corrected chi connectivity index (χ0v) is 17.9. The maximum Gasteiger partial charge on any atom is 0.303 e. The highest BCUT2D eigenvalue weighted by molar-refractivity contribution is 5.66. The van der Waals surface area contributed by atoms with Crippen molar-refractivity contribution >= 4 is 5.97 Å². The molecule has 0 heterocycles. The van der Waals surface area contributed by atoms with Gasteiger partial charge >= 0.3 is 5.97 Å². The van der Waals surface area contributed by atoms with E-state index in [0.717, 1.165) is 25.7 Å². The highest BCUT2D eigenvalue weighted by Gasteiger charge is 2.65. The van der Waals surface area contributed by atoms with Gasteiger partial charge in [-0.25, -0.2) is 0 Å². The standard InChI is InChI=1S/C24H40O4/c1-14(7-10-21(27)28)16-8-9-17-22-18(13-20(26)24(16,17)3)23(2)11-5-4-6-15(23)12-19(22)25/h14-20,22,25-26H,4-13H2,1-3H3,(H,27,28)/t14-,15-,16-,17+,18+,19+,20-,22+,23+,24-/m1/s1. The molecule has 0 bridgehead atoms. The summed E-state index contributed by atoms with van der Waals surface area (Å²) in [5.74, 6) is 1.66. The number of aliphatic hydroxyl groups is 2. The molecule has 4 nitrogen and oxygen atoms in total. The lowest BCUT2D eigenvalue weighted by atomic mass is 9.43. The van der Waals surface area contributed by atoms with Crippen molar-refractivity contribution in [2.75, 3.05) is 0 Å². The van der Waals surface area contributed by atoms with E-state index in [1.165, 1.54) is 25.7 Å². The summed E-state index contributed by atoms with van der Waals surface area (Å²) in [6.45, 7) is 6.89. The van der Waals surface area contributed by atoms with Gasteiger partial charge in [-0.2, -0.15) is 0 Å². The third-order valence-corrected chi connectivity index (χ3v) is 10.3. The van der Waals surface area contributed by atoms with Crippen LogP contribution < -0.4 is 0 Å². The van der Waals surface area contributed by atoms with Crippen molar-refractivity contribution in [3.8, 4) is 0 Å². The second kappa shape index (κ2) is 7.27. The Hall–Kier alpha value is -0.610. The van der Waals surface area contributed by atoms with E-state index in [2.05, 4.69) is 20.8 Å². The zero-order chi connectivity index (χ0) is 20.3. The Morgan fingerprint density at radius 1 is 1.07 bits per heavy atom. The number of carboxylic acids is 1. The Balaban J connectivity index is 1.61. The van der Waals surface area contributed by atoms with Crippen LogP contribution in [0.3, 0.4) is 0 Å². The first kappa shape index (κ1) is 20.7. The minimum atomic E-state index is -0.727. The molecular formula is C24H40O4. The summed E-state index contributed by atoms with van der Waals surface area (Å²) in [5.41, 5.74) is 0.0927. The third-order valence-electron chi connectivity index (χ3n) is 10.3. The van der Waals surface area contributed by atoms with Crippen LogP contribution in [-0.4, -0.2) is 33.5 Å². The van der Waals surface area contributed by atoms with Gasteiger partial charge in [-0.3, -0.25) is 4.79 Å². The molecule has 0 spiro atoms. The SMILES string of the molecule is C[C@H](CCC(=O)O)[C@H]1CC[C@H]2[C@@H]3[C@@H](O)C[C@H]4CCCC[C@]4(C)[C@H]3C[C@@H](O)[C@]12C. The fourth-order valence-electron chi connectivity index (χ4n) is 8.74. The monoisotopic (exact) mass is 392 g/mol. The number of hydrogen-bond donors (Lipinski definition) is 3. The van der Waals surface area contributed by atoms with E-state index in [-0.39, 0.29) is 29.5 Å². The van der Waals surface area contributed by atoms with Gasteiger partial charge in [0.25, 0.3) is 0 Å². The molecule has 0 saturated heterocycles. The maximum absolute atomic E-state index is 11.5. The Bertz CT molecular complexity index is 605. The molecule has 0 aromatic carbocycles. The molecule has 3 N–H and O–H groups in total. The van der Waals surface area contributed by atoms with E-state index >= 15 is 0 Å². The molecule has 4 saturated carbocycles. The average Bonchev–Trinajstić information content (AvgIpc) is 3.00. The number of carbonyl (C=O) groups is 1. The Morgan fingerprint density at radius 3 is 2.54 bits per heavy atom. The van der Waals surface area contributed by atoms with Crippen LogP contribution in [0.15, 0.2) is 0 Å². The first-order chi connectivity index (χ1) is 13.2. The Kier molecular flexibility index (Phi) is 5.36. The van der Waals surface area contributed by atoms with Gasteiger partial charge < -0.3 is 15.3 Å². The van der Waals surface area contributed by atoms with Crippen LogP contribution in [0.4, 0.5) is 0 Å². The third kappa shape index (κ3) is 2.96. The zero-order valence-electron chi connectivity index (χ0n) is 17.9. The number of rotatable bonds is 4. The fraction of sp³-hybridized carbons (Fsp3) is 0.958. The number of aliphatic hydroxyl groups excluding tert-OH is 2. The molecule has 160 valence electrons. The van der Waals surface area contributed by atoms with Crippen molar-refractivity contribution in [1.82, 2.24) is 0 Å². The van der Waals surface area contributed by atoms with Crippen molar-refractivity contribution in [2.24, 2.45) is 46.3 Å². The van der Waals surface area contributed by atoms with Gasteiger partial charge in [-0.1, -0.05) is 33.6 Å². The van der Waals surface area contributed by atoms with Crippen LogP contribution in [0, 0.1) is 46.3 Å². The van der Waals surface area contributed by atoms with E-state index in [4.69, 9.17) is 5.11 Å². The molecule has 0 radical (unpaired) electrons. The summed E-state index contributed by atoms with van der Waals surface area (Å²) in [5, 5.41) is 31.8. The number of aliphatic carboxylic acids is 1. The molecule has 0 aromatic heterocycles. The van der Waals surface area contributed by atoms with Crippen molar-refractivity contribution in [2.45, 2.75) is 97.2 Å². The smallest absolute Gasteiger partial charge is 0.303 e. The summed E-state index contributed by atoms with van der Waals surface area (Å²) in [4.78, 5) is 11.1. The van der Waals surface area contributed by atoms with Crippen LogP contribution in [0.25, 0.3) is 0 Å². The molecule has 0 unspecified atom stereocenters. The van der Waals surface area contributed by atoms with Gasteiger partial charge in [0.1, 0.15) is 0 Å². The van der Waals surface area contributed by atoms with Crippen LogP contribution in [0.1, 0.15) is 85.0 Å². The average molecular weight is 393 g/mol. The quantitative estimate of drug-likeness (QED) is 0.659. The molecular weight excluding hydrogens is 352 g/mol. The summed E-state index contributed by atoms with van der Waals surface area (Å²) < 4.78 is 0. The molecule has 4 heteroatoms. The van der Waals surface area contributed by atoms with Gasteiger partial charge in [0, 0.05) is 6.42 Å². The summed E-state index contributed by atoms with van der Waals surface area (Å²) >= 11 is 0. The second-order valence-corrected chi connectivity index (χ2v) is 11.3. The first-order valence-electron chi connectivity index (χ1n) is 11.8. The van der Waals surface area contributed by atoms with Crippen molar-refractivity contribution in [3.05, 3.63) is 0 Å². The van der Waals surface area contributed by atoms with E-state index in [1.54, 1.807) is 0 Å². The van der Waals surface area contributed by atoms with Gasteiger partial charge in [0.15, 0.2) is 0 Å². The van der Waals surface area contributed by atoms with E-state index < -0.39 is 5.97 Å². The first-order valence-corrected chi connectivity index (χ1v) is 11.8. The molecule has 0 amide bonds. The highest BCUT2D eigenvalue weighted by Crippen LogP contribution is 2.68. The lowest BCUT2D eigenvalue weighted by molar-refractivity contribution is -0.201. The van der Waals surface area contributed by atoms with Crippen LogP contribution >= 0.6 is 0 Å². The predicted molar refractivity (Wildman–Crippen MR) is 109 cm³/mol. The maximum atomic E-state index is 11.5. The van der Waals surface area contributed by atoms with Gasteiger partial charge in [0.05, 0.1) is 12.2 Å². The highest BCUT2D eigenvalue weighted by atomic mass is 16.4. The van der Waals surface area contributed by atoms with Crippen LogP contribution in [0.2, 0.25) is 0 Å². The number of carboxylic acid groups (broad SMARTS) is 1. The van der Waals surface area contributed by atoms with E-state index in [0.29, 0.717) is 41.9 Å². The van der Waals surface area contributed by atoms with Crippen molar-refractivity contribution < 1.29 is 20.1 Å². The summed E-state index contributed by atoms with van der Waals surface area (Å²) in [6, 6.07) is 0. The molecule has 4 fully saturated rings.